The van der Waals surface area contributed by atoms with Gasteiger partial charge in [-0.2, -0.15) is 0 Å². The maximum absolute atomic E-state index is 12.8. The molecule has 5 nitrogen and oxygen atoms in total. The fourth-order valence-corrected chi connectivity index (χ4v) is 2.15. The van der Waals surface area contributed by atoms with Gasteiger partial charge in [0, 0.05) is 0 Å². The van der Waals surface area contributed by atoms with Crippen LogP contribution in [-0.2, 0) is 16.0 Å². The van der Waals surface area contributed by atoms with E-state index >= 15 is 0 Å². The Hall–Kier alpha value is -1.95. The number of halogens is 1. The molecule has 0 fully saturated rings. The van der Waals surface area contributed by atoms with Crippen LogP contribution in [0.5, 0.6) is 0 Å². The molecule has 20 heavy (non-hydrogen) atoms. The first kappa shape index (κ1) is 16.1. The van der Waals surface area contributed by atoms with Gasteiger partial charge in [0.25, 0.3) is 0 Å². The zero-order chi connectivity index (χ0) is 15.1. The summed E-state index contributed by atoms with van der Waals surface area (Å²) in [4.78, 5) is 22.1. The number of carbonyl (C=O) groups excluding carboxylic acids is 1. The van der Waals surface area contributed by atoms with Crippen LogP contribution < -0.4 is 0 Å². The molecular formula is C14H18FNO4. The van der Waals surface area contributed by atoms with Crippen LogP contribution in [0.4, 0.5) is 4.39 Å². The minimum Gasteiger partial charge on any atom is -0.481 e. The zero-order valence-corrected chi connectivity index (χ0v) is 11.2. The summed E-state index contributed by atoms with van der Waals surface area (Å²) in [5, 5.41) is 19.2. The number of carbonyl (C=O) groups is 2. The van der Waals surface area contributed by atoms with Crippen LogP contribution in [0.15, 0.2) is 24.3 Å². The van der Waals surface area contributed by atoms with Gasteiger partial charge in [0.15, 0.2) is 0 Å². The van der Waals surface area contributed by atoms with Crippen molar-refractivity contribution in [2.45, 2.75) is 32.2 Å². The molecule has 2 N–H and O–H groups in total. The van der Waals surface area contributed by atoms with Gasteiger partial charge in [-0.3, -0.25) is 14.8 Å². The molecule has 0 aliphatic heterocycles. The normalized spacial score (nSPS) is 13.6. The first-order chi connectivity index (χ1) is 9.49. The van der Waals surface area contributed by atoms with E-state index in [0.29, 0.717) is 23.5 Å². The number of hydrogen-bond acceptors (Lipinski definition) is 3. The number of hydrogen-bond donors (Lipinski definition) is 2. The monoisotopic (exact) mass is 283 g/mol. The van der Waals surface area contributed by atoms with Gasteiger partial charge >= 0.3 is 5.97 Å². The maximum atomic E-state index is 12.8. The Balaban J connectivity index is 2.93. The van der Waals surface area contributed by atoms with Gasteiger partial charge in [-0.1, -0.05) is 25.5 Å². The van der Waals surface area contributed by atoms with E-state index in [4.69, 9.17) is 0 Å². The molecule has 0 saturated heterocycles. The molecule has 110 valence electrons. The van der Waals surface area contributed by atoms with Crippen molar-refractivity contribution in [1.82, 2.24) is 5.06 Å². The minimum atomic E-state index is -1.10. The van der Waals surface area contributed by atoms with E-state index in [9.17, 15) is 24.3 Å². The molecule has 0 saturated carbocycles. The topological polar surface area (TPSA) is 77.8 Å². The van der Waals surface area contributed by atoms with Crippen LogP contribution >= 0.6 is 0 Å². The largest absolute Gasteiger partial charge is 0.481 e. The van der Waals surface area contributed by atoms with Crippen LogP contribution in [0.3, 0.4) is 0 Å². The van der Waals surface area contributed by atoms with Crippen molar-refractivity contribution >= 4 is 12.4 Å². The number of benzene rings is 1. The quantitative estimate of drug-likeness (QED) is 0.435. The van der Waals surface area contributed by atoms with Crippen LogP contribution in [0, 0.1) is 11.7 Å². The molecule has 0 radical (unpaired) electrons. The molecule has 0 spiro atoms. The molecule has 6 heteroatoms. The Bertz CT molecular complexity index is 449. The Labute approximate surface area is 116 Å². The summed E-state index contributed by atoms with van der Waals surface area (Å²) in [5.41, 5.74) is 0.638. The third-order valence-corrected chi connectivity index (χ3v) is 3.18. The lowest BCUT2D eigenvalue weighted by molar-refractivity contribution is -0.172. The predicted molar refractivity (Wildman–Crippen MR) is 69.6 cm³/mol. The molecule has 1 rings (SSSR count). The summed E-state index contributed by atoms with van der Waals surface area (Å²) in [6, 6.07) is 4.69. The second-order valence-electron chi connectivity index (χ2n) is 4.62. The van der Waals surface area contributed by atoms with Crippen LogP contribution in [-0.4, -0.2) is 33.8 Å². The van der Waals surface area contributed by atoms with Crippen molar-refractivity contribution in [3.63, 3.8) is 0 Å². The first-order valence-electron chi connectivity index (χ1n) is 6.39. The van der Waals surface area contributed by atoms with Gasteiger partial charge in [-0.15, -0.1) is 0 Å². The highest BCUT2D eigenvalue weighted by Gasteiger charge is 2.31. The van der Waals surface area contributed by atoms with Crippen LogP contribution in [0.1, 0.15) is 25.3 Å². The van der Waals surface area contributed by atoms with E-state index in [1.165, 1.54) is 24.3 Å². The molecule has 1 aromatic carbocycles. The number of aliphatic carboxylic acids is 1. The fraction of sp³-hybridized carbons (Fsp3) is 0.429. The van der Waals surface area contributed by atoms with Gasteiger partial charge in [-0.25, -0.2) is 9.45 Å². The van der Waals surface area contributed by atoms with Gasteiger partial charge in [0.2, 0.25) is 6.41 Å². The highest BCUT2D eigenvalue weighted by molar-refractivity contribution is 5.71. The Morgan fingerprint density at radius 1 is 1.40 bits per heavy atom. The highest BCUT2D eigenvalue weighted by atomic mass is 19.1. The van der Waals surface area contributed by atoms with Crippen molar-refractivity contribution < 1.29 is 24.3 Å². The average molecular weight is 283 g/mol. The maximum Gasteiger partial charge on any atom is 0.309 e. The van der Waals surface area contributed by atoms with E-state index in [2.05, 4.69) is 0 Å². The molecule has 0 aliphatic rings. The van der Waals surface area contributed by atoms with Gasteiger partial charge in [0.05, 0.1) is 12.0 Å². The molecule has 0 heterocycles. The van der Waals surface area contributed by atoms with Crippen LogP contribution in [0.25, 0.3) is 0 Å². The smallest absolute Gasteiger partial charge is 0.309 e. The van der Waals surface area contributed by atoms with E-state index < -0.39 is 23.7 Å². The molecule has 1 amide bonds. The second kappa shape index (κ2) is 7.59. The van der Waals surface area contributed by atoms with Crippen molar-refractivity contribution in [1.29, 1.82) is 0 Å². The number of hydroxylamine groups is 2. The summed E-state index contributed by atoms with van der Waals surface area (Å²) in [5.74, 6) is -2.45. The fourth-order valence-electron chi connectivity index (χ4n) is 2.15. The van der Waals surface area contributed by atoms with E-state index in [1.807, 2.05) is 6.92 Å². The van der Waals surface area contributed by atoms with Crippen molar-refractivity contribution in [3.8, 4) is 0 Å². The molecule has 0 bridgehead atoms. The second-order valence-corrected chi connectivity index (χ2v) is 4.62. The SMILES string of the molecule is CCC[C@@H]([C@@H](Cc1ccc(F)cc1)C(=O)O)N(O)C=O. The number of rotatable bonds is 8. The Morgan fingerprint density at radius 2 is 2.00 bits per heavy atom. The summed E-state index contributed by atoms with van der Waals surface area (Å²) in [7, 11) is 0. The first-order valence-corrected chi connectivity index (χ1v) is 6.39. The lowest BCUT2D eigenvalue weighted by Crippen LogP contribution is -2.42. The summed E-state index contributed by atoms with van der Waals surface area (Å²) < 4.78 is 12.8. The molecule has 1 aromatic rings. The molecule has 0 aromatic heterocycles. The lowest BCUT2D eigenvalue weighted by Gasteiger charge is -2.28. The van der Waals surface area contributed by atoms with E-state index in [-0.39, 0.29) is 12.8 Å². The van der Waals surface area contributed by atoms with Crippen LogP contribution in [0.2, 0.25) is 0 Å². The third kappa shape index (κ3) is 4.31. The predicted octanol–water partition coefficient (Wildman–Crippen LogP) is 2.09. The Kier molecular flexibility index (Phi) is 6.11. The minimum absolute atomic E-state index is 0.116. The van der Waals surface area contributed by atoms with Crippen molar-refractivity contribution in [2.24, 2.45) is 5.92 Å². The number of carboxylic acid groups (broad SMARTS) is 1. The number of carboxylic acids is 1. The molecule has 0 aliphatic carbocycles. The molecule has 0 unspecified atom stereocenters. The highest BCUT2D eigenvalue weighted by Crippen LogP contribution is 2.20. The van der Waals surface area contributed by atoms with Gasteiger partial charge in [0.1, 0.15) is 5.82 Å². The molecular weight excluding hydrogens is 265 g/mol. The number of nitrogens with zero attached hydrogens (tertiary/aromatic N) is 1. The van der Waals surface area contributed by atoms with Gasteiger partial charge in [-0.05, 0) is 30.5 Å². The van der Waals surface area contributed by atoms with Crippen molar-refractivity contribution in [2.75, 3.05) is 0 Å². The lowest BCUT2D eigenvalue weighted by atomic mass is 9.89. The summed E-state index contributed by atoms with van der Waals surface area (Å²) in [6.07, 6.45) is 1.32. The Morgan fingerprint density at radius 3 is 2.45 bits per heavy atom. The van der Waals surface area contributed by atoms with Gasteiger partial charge < -0.3 is 5.11 Å². The zero-order valence-electron chi connectivity index (χ0n) is 11.2. The summed E-state index contributed by atoms with van der Waals surface area (Å²) >= 11 is 0. The van der Waals surface area contributed by atoms with Crippen molar-refractivity contribution in [3.05, 3.63) is 35.6 Å². The van der Waals surface area contributed by atoms with E-state index in [1.54, 1.807) is 0 Å². The standard InChI is InChI=1S/C14H18FNO4/c1-2-3-13(16(20)9-17)12(14(18)19)8-10-4-6-11(15)7-5-10/h4-7,9,12-13,20H,2-3,8H2,1H3,(H,18,19)/t12-,13+/m1/s1. The average Bonchev–Trinajstić information content (AvgIpc) is 2.43. The third-order valence-electron chi connectivity index (χ3n) is 3.18. The van der Waals surface area contributed by atoms with E-state index in [0.717, 1.165) is 0 Å². The molecule has 2 atom stereocenters. The summed E-state index contributed by atoms with van der Waals surface area (Å²) in [6.45, 7) is 1.84. The number of amides is 1.